The molecule has 1 amide bonds. The monoisotopic (exact) mass is 294 g/mol. The maximum atomic E-state index is 12.1. The Bertz CT molecular complexity index is 463. The average molecular weight is 294 g/mol. The van der Waals surface area contributed by atoms with Crippen LogP contribution in [-0.4, -0.2) is 60.0 Å². The predicted octanol–water partition coefficient (Wildman–Crippen LogP) is 0.569. The second-order valence-electron chi connectivity index (χ2n) is 5.54. The van der Waals surface area contributed by atoms with Gasteiger partial charge in [-0.05, 0) is 6.42 Å². The number of thiazole rings is 1. The number of rotatable bonds is 4. The van der Waals surface area contributed by atoms with E-state index >= 15 is 0 Å². The topological polar surface area (TPSA) is 48.5 Å². The number of aryl methyl sites for hydroxylation is 1. The highest BCUT2D eigenvalue weighted by molar-refractivity contribution is 7.09. The maximum absolute atomic E-state index is 12.1. The molecular formula is C14H22N4OS. The van der Waals surface area contributed by atoms with E-state index in [2.05, 4.69) is 27.5 Å². The lowest BCUT2D eigenvalue weighted by Crippen LogP contribution is -2.56. The van der Waals surface area contributed by atoms with Crippen LogP contribution in [0.5, 0.6) is 0 Å². The minimum Gasteiger partial charge on any atom is -0.340 e. The van der Waals surface area contributed by atoms with Gasteiger partial charge in [0.15, 0.2) is 0 Å². The maximum Gasteiger partial charge on any atom is 0.228 e. The number of piperazine rings is 1. The van der Waals surface area contributed by atoms with Crippen LogP contribution in [0.2, 0.25) is 0 Å². The Hall–Kier alpha value is -0.980. The highest BCUT2D eigenvalue weighted by Crippen LogP contribution is 2.15. The van der Waals surface area contributed by atoms with Crippen molar-refractivity contribution in [1.82, 2.24) is 20.1 Å². The Balaban J connectivity index is 1.47. The summed E-state index contributed by atoms with van der Waals surface area (Å²) in [5.41, 5.74) is 1.18. The third kappa shape index (κ3) is 3.02. The predicted molar refractivity (Wildman–Crippen MR) is 79.7 cm³/mol. The van der Waals surface area contributed by atoms with Gasteiger partial charge in [-0.3, -0.25) is 9.69 Å². The second-order valence-corrected chi connectivity index (χ2v) is 6.49. The molecule has 20 heavy (non-hydrogen) atoms. The first-order chi connectivity index (χ1) is 9.76. The molecule has 6 heteroatoms. The molecule has 2 aliphatic rings. The third-order valence-corrected chi connectivity index (χ3v) is 5.14. The number of carbonyl (C=O) groups is 1. The Kier molecular flexibility index (Phi) is 4.33. The number of amides is 1. The summed E-state index contributed by atoms with van der Waals surface area (Å²) in [5, 5.41) is 6.54. The van der Waals surface area contributed by atoms with Crippen molar-refractivity contribution in [2.45, 2.75) is 19.9 Å². The number of nitrogens with zero attached hydrogens (tertiary/aromatic N) is 3. The molecule has 3 rings (SSSR count). The minimum atomic E-state index is 0.229. The summed E-state index contributed by atoms with van der Waals surface area (Å²) in [4.78, 5) is 21.2. The molecule has 1 aromatic heterocycles. The summed E-state index contributed by atoms with van der Waals surface area (Å²) in [6.45, 7) is 8.43. The largest absolute Gasteiger partial charge is 0.340 e. The summed E-state index contributed by atoms with van der Waals surface area (Å²) >= 11 is 1.75. The molecule has 1 N–H and O–H groups in total. The highest BCUT2D eigenvalue weighted by atomic mass is 32.1. The Morgan fingerprint density at radius 2 is 2.15 bits per heavy atom. The molecule has 3 heterocycles. The fourth-order valence-corrected chi connectivity index (χ4v) is 3.40. The zero-order valence-corrected chi connectivity index (χ0v) is 12.8. The summed E-state index contributed by atoms with van der Waals surface area (Å²) in [6.07, 6.45) is 1.02. The van der Waals surface area contributed by atoms with Gasteiger partial charge in [-0.2, -0.15) is 0 Å². The standard InChI is InChI=1S/C14H22N4OS/c1-2-13-16-12(10-20-13)9-17-3-5-18(6-4-17)14(19)11-7-15-8-11/h10-11,15H,2-9H2,1H3. The van der Waals surface area contributed by atoms with Crippen molar-refractivity contribution in [2.75, 3.05) is 39.3 Å². The third-order valence-electron chi connectivity index (χ3n) is 4.10. The molecule has 0 unspecified atom stereocenters. The van der Waals surface area contributed by atoms with Crippen molar-refractivity contribution in [2.24, 2.45) is 5.92 Å². The van der Waals surface area contributed by atoms with Crippen LogP contribution in [-0.2, 0) is 17.8 Å². The van der Waals surface area contributed by atoms with E-state index in [-0.39, 0.29) is 5.92 Å². The molecule has 2 saturated heterocycles. The summed E-state index contributed by atoms with van der Waals surface area (Å²) in [6, 6.07) is 0. The van der Waals surface area contributed by atoms with Crippen LogP contribution in [0, 0.1) is 5.92 Å². The van der Waals surface area contributed by atoms with Gasteiger partial charge in [0, 0.05) is 51.2 Å². The summed E-state index contributed by atoms with van der Waals surface area (Å²) in [5.74, 6) is 0.567. The fourth-order valence-electron chi connectivity index (χ4n) is 2.66. The number of hydrogen-bond donors (Lipinski definition) is 1. The van der Waals surface area contributed by atoms with E-state index in [1.165, 1.54) is 10.7 Å². The normalized spacial score (nSPS) is 20.9. The number of hydrogen-bond acceptors (Lipinski definition) is 5. The van der Waals surface area contributed by atoms with E-state index < -0.39 is 0 Å². The molecule has 2 fully saturated rings. The van der Waals surface area contributed by atoms with E-state index in [0.29, 0.717) is 5.91 Å². The van der Waals surface area contributed by atoms with Gasteiger partial charge in [0.05, 0.1) is 16.6 Å². The van der Waals surface area contributed by atoms with Crippen molar-refractivity contribution in [3.8, 4) is 0 Å². The first-order valence-corrected chi connectivity index (χ1v) is 8.29. The molecule has 0 aliphatic carbocycles. The highest BCUT2D eigenvalue weighted by Gasteiger charge is 2.31. The molecule has 0 spiro atoms. The summed E-state index contributed by atoms with van der Waals surface area (Å²) < 4.78 is 0. The quantitative estimate of drug-likeness (QED) is 0.882. The van der Waals surface area contributed by atoms with Crippen LogP contribution in [0.25, 0.3) is 0 Å². The van der Waals surface area contributed by atoms with Crippen molar-refractivity contribution in [1.29, 1.82) is 0 Å². The second kappa shape index (κ2) is 6.20. The first-order valence-electron chi connectivity index (χ1n) is 7.41. The van der Waals surface area contributed by atoms with E-state index in [4.69, 9.17) is 0 Å². The molecule has 0 atom stereocenters. The van der Waals surface area contributed by atoms with Crippen LogP contribution in [0.15, 0.2) is 5.38 Å². The van der Waals surface area contributed by atoms with Crippen LogP contribution >= 0.6 is 11.3 Å². The van der Waals surface area contributed by atoms with Crippen LogP contribution in [0.1, 0.15) is 17.6 Å². The lowest BCUT2D eigenvalue weighted by molar-refractivity contribution is -0.138. The van der Waals surface area contributed by atoms with E-state index in [9.17, 15) is 4.79 Å². The van der Waals surface area contributed by atoms with Gasteiger partial charge in [0.2, 0.25) is 5.91 Å². The molecular weight excluding hydrogens is 272 g/mol. The lowest BCUT2D eigenvalue weighted by Gasteiger charge is -2.38. The van der Waals surface area contributed by atoms with Crippen LogP contribution in [0.4, 0.5) is 0 Å². The molecule has 0 bridgehead atoms. The molecule has 2 aliphatic heterocycles. The van der Waals surface area contributed by atoms with Gasteiger partial charge in [-0.15, -0.1) is 11.3 Å². The van der Waals surface area contributed by atoms with E-state index in [1.807, 2.05) is 4.90 Å². The SMILES string of the molecule is CCc1nc(CN2CCN(C(=O)C3CNC3)CC2)cs1. The van der Waals surface area contributed by atoms with Crippen molar-refractivity contribution >= 4 is 17.2 Å². The Morgan fingerprint density at radius 1 is 1.40 bits per heavy atom. The smallest absolute Gasteiger partial charge is 0.228 e. The molecule has 0 aromatic carbocycles. The molecule has 1 aromatic rings. The lowest BCUT2D eigenvalue weighted by atomic mass is 10.0. The van der Waals surface area contributed by atoms with Gasteiger partial charge in [0.1, 0.15) is 0 Å². The van der Waals surface area contributed by atoms with Gasteiger partial charge in [-0.1, -0.05) is 6.92 Å². The zero-order valence-electron chi connectivity index (χ0n) is 12.0. The van der Waals surface area contributed by atoms with Crippen LogP contribution < -0.4 is 5.32 Å². The van der Waals surface area contributed by atoms with Crippen molar-refractivity contribution in [3.63, 3.8) is 0 Å². The van der Waals surface area contributed by atoms with Crippen molar-refractivity contribution in [3.05, 3.63) is 16.1 Å². The first kappa shape index (κ1) is 14.0. The van der Waals surface area contributed by atoms with Gasteiger partial charge in [-0.25, -0.2) is 4.98 Å². The van der Waals surface area contributed by atoms with E-state index in [0.717, 1.165) is 52.2 Å². The van der Waals surface area contributed by atoms with E-state index in [1.54, 1.807) is 11.3 Å². The Morgan fingerprint density at radius 3 is 2.70 bits per heavy atom. The minimum absolute atomic E-state index is 0.229. The molecule has 5 nitrogen and oxygen atoms in total. The number of nitrogens with one attached hydrogen (secondary N) is 1. The Labute approximate surface area is 124 Å². The molecule has 110 valence electrons. The number of carbonyl (C=O) groups excluding carboxylic acids is 1. The van der Waals surface area contributed by atoms with Gasteiger partial charge >= 0.3 is 0 Å². The number of aromatic nitrogens is 1. The average Bonchev–Trinajstić information content (AvgIpc) is 2.85. The fraction of sp³-hybridized carbons (Fsp3) is 0.714. The van der Waals surface area contributed by atoms with Crippen molar-refractivity contribution < 1.29 is 4.79 Å². The van der Waals surface area contributed by atoms with Gasteiger partial charge in [0.25, 0.3) is 0 Å². The van der Waals surface area contributed by atoms with Crippen LogP contribution in [0.3, 0.4) is 0 Å². The molecule has 0 radical (unpaired) electrons. The summed E-state index contributed by atoms with van der Waals surface area (Å²) in [7, 11) is 0. The zero-order chi connectivity index (χ0) is 13.9. The van der Waals surface area contributed by atoms with Gasteiger partial charge < -0.3 is 10.2 Å². The molecule has 0 saturated carbocycles.